The Bertz CT molecular complexity index is 504. The summed E-state index contributed by atoms with van der Waals surface area (Å²) in [7, 11) is 0. The lowest BCUT2D eigenvalue weighted by molar-refractivity contribution is -0.125. The van der Waals surface area contributed by atoms with E-state index in [1.807, 2.05) is 37.3 Å². The molecule has 0 aliphatic carbocycles. The number of piperidine rings is 1. The van der Waals surface area contributed by atoms with Crippen molar-refractivity contribution in [3.05, 3.63) is 35.9 Å². The Kier molecular flexibility index (Phi) is 5.95. The molecule has 0 bridgehead atoms. The first-order chi connectivity index (χ1) is 10.6. The normalized spacial score (nSPS) is 20.2. The summed E-state index contributed by atoms with van der Waals surface area (Å²) in [6.07, 6.45) is 2.32. The second-order valence-corrected chi connectivity index (χ2v) is 6.08. The first kappa shape index (κ1) is 16.5. The Morgan fingerprint density at radius 3 is 2.73 bits per heavy atom. The number of likely N-dealkylation sites (tertiary alicyclic amines) is 1. The highest BCUT2D eigenvalue weighted by atomic mass is 16.2. The van der Waals surface area contributed by atoms with Gasteiger partial charge in [0.05, 0.1) is 6.04 Å². The summed E-state index contributed by atoms with van der Waals surface area (Å²) in [5, 5.41) is 5.14. The number of carbonyl (C=O) groups excluding carboxylic acids is 2. The predicted molar refractivity (Wildman–Crippen MR) is 86.3 cm³/mol. The second-order valence-electron chi connectivity index (χ2n) is 6.08. The number of hydrogen-bond acceptors (Lipinski definition) is 3. The average molecular weight is 303 g/mol. The molecule has 0 aromatic heterocycles. The van der Waals surface area contributed by atoms with Crippen LogP contribution in [0.15, 0.2) is 30.3 Å². The van der Waals surface area contributed by atoms with Crippen LogP contribution in [0.4, 0.5) is 4.79 Å². The monoisotopic (exact) mass is 303 g/mol. The molecule has 22 heavy (non-hydrogen) atoms. The van der Waals surface area contributed by atoms with Crippen LogP contribution in [-0.4, -0.2) is 36.0 Å². The van der Waals surface area contributed by atoms with Gasteiger partial charge in [0.15, 0.2) is 0 Å². The standard InChI is InChI=1S/C17H25N3O2/c1-13-7-6-10-20(12-13)14(2)16(21)19-17(22)18-11-15-8-4-3-5-9-15/h3-5,8-9,13-14H,6-7,10-12H2,1-2H3,(H2,18,19,21,22). The van der Waals surface area contributed by atoms with Crippen LogP contribution in [0.3, 0.4) is 0 Å². The molecule has 1 fully saturated rings. The summed E-state index contributed by atoms with van der Waals surface area (Å²) >= 11 is 0. The Morgan fingerprint density at radius 2 is 2.05 bits per heavy atom. The van der Waals surface area contributed by atoms with Gasteiger partial charge in [-0.1, -0.05) is 37.3 Å². The fourth-order valence-corrected chi connectivity index (χ4v) is 2.78. The number of imide groups is 1. The average Bonchev–Trinajstić information content (AvgIpc) is 2.53. The minimum Gasteiger partial charge on any atom is -0.334 e. The van der Waals surface area contributed by atoms with Crippen LogP contribution in [0, 0.1) is 5.92 Å². The van der Waals surface area contributed by atoms with Gasteiger partial charge in [-0.15, -0.1) is 0 Å². The third-order valence-corrected chi connectivity index (χ3v) is 4.15. The first-order valence-electron chi connectivity index (χ1n) is 7.93. The van der Waals surface area contributed by atoms with Crippen molar-refractivity contribution in [2.24, 2.45) is 5.92 Å². The molecule has 2 unspecified atom stereocenters. The Labute approximate surface area is 132 Å². The molecule has 5 heteroatoms. The predicted octanol–water partition coefficient (Wildman–Crippen LogP) is 2.13. The van der Waals surface area contributed by atoms with Gasteiger partial charge >= 0.3 is 6.03 Å². The molecule has 1 aliphatic heterocycles. The van der Waals surface area contributed by atoms with Gasteiger partial charge < -0.3 is 5.32 Å². The second kappa shape index (κ2) is 7.94. The molecule has 2 N–H and O–H groups in total. The van der Waals surface area contributed by atoms with E-state index in [9.17, 15) is 9.59 Å². The lowest BCUT2D eigenvalue weighted by Crippen LogP contribution is -2.51. The van der Waals surface area contributed by atoms with Crippen molar-refractivity contribution in [3.63, 3.8) is 0 Å². The van der Waals surface area contributed by atoms with Gasteiger partial charge in [0.2, 0.25) is 5.91 Å². The fraction of sp³-hybridized carbons (Fsp3) is 0.529. The summed E-state index contributed by atoms with van der Waals surface area (Å²) in [5.41, 5.74) is 1.00. The highest BCUT2D eigenvalue weighted by Gasteiger charge is 2.26. The SMILES string of the molecule is CC1CCCN(C(C)C(=O)NC(=O)NCc2ccccc2)C1. The summed E-state index contributed by atoms with van der Waals surface area (Å²) in [6.45, 7) is 6.31. The number of hydrogen-bond donors (Lipinski definition) is 2. The number of urea groups is 1. The Hall–Kier alpha value is -1.88. The summed E-state index contributed by atoms with van der Waals surface area (Å²) in [4.78, 5) is 26.1. The topological polar surface area (TPSA) is 61.4 Å². The largest absolute Gasteiger partial charge is 0.334 e. The van der Waals surface area contributed by atoms with Gasteiger partial charge in [0, 0.05) is 13.1 Å². The maximum Gasteiger partial charge on any atom is 0.321 e. The van der Waals surface area contributed by atoms with E-state index in [1.165, 1.54) is 6.42 Å². The van der Waals surface area contributed by atoms with Crippen molar-refractivity contribution < 1.29 is 9.59 Å². The van der Waals surface area contributed by atoms with Gasteiger partial charge in [-0.2, -0.15) is 0 Å². The van der Waals surface area contributed by atoms with Crippen molar-refractivity contribution in [1.82, 2.24) is 15.5 Å². The van der Waals surface area contributed by atoms with Gasteiger partial charge in [-0.05, 0) is 37.8 Å². The Morgan fingerprint density at radius 1 is 1.32 bits per heavy atom. The van der Waals surface area contributed by atoms with E-state index in [0.717, 1.165) is 25.1 Å². The zero-order chi connectivity index (χ0) is 15.9. The highest BCUT2D eigenvalue weighted by Crippen LogP contribution is 2.17. The van der Waals surface area contributed by atoms with E-state index in [1.54, 1.807) is 0 Å². The summed E-state index contributed by atoms with van der Waals surface area (Å²) in [5.74, 6) is 0.371. The van der Waals surface area contributed by atoms with Crippen molar-refractivity contribution in [1.29, 1.82) is 0 Å². The zero-order valence-electron chi connectivity index (χ0n) is 13.3. The number of rotatable bonds is 4. The van der Waals surface area contributed by atoms with Crippen molar-refractivity contribution in [2.75, 3.05) is 13.1 Å². The van der Waals surface area contributed by atoms with Crippen molar-refractivity contribution in [2.45, 2.75) is 39.3 Å². The summed E-state index contributed by atoms with van der Waals surface area (Å²) < 4.78 is 0. The number of nitrogens with zero attached hydrogens (tertiary/aromatic N) is 1. The van der Waals surface area contributed by atoms with Gasteiger partial charge in [0.25, 0.3) is 0 Å². The maximum absolute atomic E-state index is 12.2. The summed E-state index contributed by atoms with van der Waals surface area (Å²) in [6, 6.07) is 8.91. The van der Waals surface area contributed by atoms with E-state index in [4.69, 9.17) is 0 Å². The van der Waals surface area contributed by atoms with Crippen LogP contribution in [0.25, 0.3) is 0 Å². The Balaban J connectivity index is 1.76. The van der Waals surface area contributed by atoms with Crippen molar-refractivity contribution >= 4 is 11.9 Å². The van der Waals surface area contributed by atoms with Gasteiger partial charge in [-0.25, -0.2) is 4.79 Å². The van der Waals surface area contributed by atoms with Gasteiger partial charge in [-0.3, -0.25) is 15.0 Å². The van der Waals surface area contributed by atoms with Crippen LogP contribution in [-0.2, 0) is 11.3 Å². The van der Waals surface area contributed by atoms with Crippen LogP contribution in [0.1, 0.15) is 32.3 Å². The molecule has 0 radical (unpaired) electrons. The lowest BCUT2D eigenvalue weighted by atomic mass is 9.99. The third kappa shape index (κ3) is 4.84. The van der Waals surface area contributed by atoms with Crippen molar-refractivity contribution in [3.8, 4) is 0 Å². The van der Waals surface area contributed by atoms with E-state index < -0.39 is 6.03 Å². The smallest absolute Gasteiger partial charge is 0.321 e. The van der Waals surface area contributed by atoms with Crippen LogP contribution in [0.2, 0.25) is 0 Å². The van der Waals surface area contributed by atoms with Crippen LogP contribution < -0.4 is 10.6 Å². The maximum atomic E-state index is 12.2. The molecule has 120 valence electrons. The molecular weight excluding hydrogens is 278 g/mol. The van der Waals surface area contributed by atoms with E-state index in [0.29, 0.717) is 12.5 Å². The molecule has 5 nitrogen and oxygen atoms in total. The molecule has 1 saturated heterocycles. The molecule has 1 aliphatic rings. The molecule has 0 spiro atoms. The molecule has 3 amide bonds. The fourth-order valence-electron chi connectivity index (χ4n) is 2.78. The zero-order valence-corrected chi connectivity index (χ0v) is 13.3. The lowest BCUT2D eigenvalue weighted by Gasteiger charge is -2.34. The van der Waals surface area contributed by atoms with E-state index in [2.05, 4.69) is 22.5 Å². The van der Waals surface area contributed by atoms with Gasteiger partial charge in [0.1, 0.15) is 0 Å². The minimum atomic E-state index is -0.439. The van der Waals surface area contributed by atoms with E-state index in [-0.39, 0.29) is 11.9 Å². The molecule has 1 aromatic carbocycles. The van der Waals surface area contributed by atoms with E-state index >= 15 is 0 Å². The van der Waals surface area contributed by atoms with Crippen LogP contribution in [0.5, 0.6) is 0 Å². The molecule has 1 aromatic rings. The number of amides is 3. The molecule has 2 atom stereocenters. The minimum absolute atomic E-state index is 0.236. The number of benzene rings is 1. The number of carbonyl (C=O) groups is 2. The molecule has 1 heterocycles. The third-order valence-electron chi connectivity index (χ3n) is 4.15. The number of nitrogens with one attached hydrogen (secondary N) is 2. The molecular formula is C17H25N3O2. The quantitative estimate of drug-likeness (QED) is 0.896. The molecule has 0 saturated carbocycles. The highest BCUT2D eigenvalue weighted by molar-refractivity contribution is 5.96. The first-order valence-corrected chi connectivity index (χ1v) is 7.93. The molecule has 2 rings (SSSR count). The van der Waals surface area contributed by atoms with Crippen LogP contribution >= 0.6 is 0 Å².